The van der Waals surface area contributed by atoms with Crippen molar-refractivity contribution in [2.24, 2.45) is 0 Å². The summed E-state index contributed by atoms with van der Waals surface area (Å²) >= 11 is 5.78. The number of rotatable bonds is 3. The van der Waals surface area contributed by atoms with Crippen LogP contribution in [0.15, 0.2) is 0 Å². The van der Waals surface area contributed by atoms with Crippen molar-refractivity contribution in [1.82, 2.24) is 4.67 Å². The molecule has 0 saturated heterocycles. The Bertz CT molecular complexity index is 81.4. The minimum Gasteiger partial charge on any atom is -0.335 e. The molecule has 9 heavy (non-hydrogen) atoms. The molecule has 0 aliphatic carbocycles. The lowest BCUT2D eigenvalue weighted by Gasteiger charge is -2.23. The Kier molecular flexibility index (Phi) is 4.77. The molecule has 2 nitrogen and oxygen atoms in total. The number of nitrogens with zero attached hydrogens (tertiary/aromatic N) is 1. The van der Waals surface area contributed by atoms with Gasteiger partial charge in [0.15, 0.2) is 0 Å². The average molecular weight is 170 g/mol. The number of halogens is 1. The molecule has 0 radical (unpaired) electrons. The molecular weight excluding hydrogens is 156 g/mol. The maximum atomic E-state index is 5.78. The Hall–Kier alpha value is 0.640. The van der Waals surface area contributed by atoms with Gasteiger partial charge in [-0.15, -0.1) is 0 Å². The molecule has 0 aromatic rings. The predicted molar refractivity (Wildman–Crippen MR) is 42.7 cm³/mol. The van der Waals surface area contributed by atoms with Crippen molar-refractivity contribution < 1.29 is 4.52 Å². The maximum Gasteiger partial charge on any atom is 0.206 e. The minimum atomic E-state index is -0.873. The van der Waals surface area contributed by atoms with Crippen LogP contribution in [0.2, 0.25) is 0 Å². The lowest BCUT2D eigenvalue weighted by molar-refractivity contribution is 0.374. The van der Waals surface area contributed by atoms with Gasteiger partial charge in [0.1, 0.15) is 0 Å². The van der Waals surface area contributed by atoms with E-state index in [1.165, 1.54) is 0 Å². The van der Waals surface area contributed by atoms with E-state index in [0.29, 0.717) is 6.04 Å². The fourth-order valence-electron chi connectivity index (χ4n) is 0.310. The molecule has 0 N–H and O–H groups in total. The molecule has 4 heteroatoms. The molecule has 0 rings (SSSR count). The maximum absolute atomic E-state index is 5.78. The molecule has 0 amide bonds. The van der Waals surface area contributed by atoms with Crippen LogP contribution in [0.4, 0.5) is 0 Å². The molecule has 0 heterocycles. The Labute approximate surface area is 62.8 Å². The van der Waals surface area contributed by atoms with Gasteiger partial charge < -0.3 is 4.52 Å². The van der Waals surface area contributed by atoms with Crippen LogP contribution in [0.5, 0.6) is 0 Å². The summed E-state index contributed by atoms with van der Waals surface area (Å²) < 4.78 is 6.93. The van der Waals surface area contributed by atoms with Gasteiger partial charge in [0.05, 0.1) is 0 Å². The van der Waals surface area contributed by atoms with Crippen molar-refractivity contribution in [3.63, 3.8) is 0 Å². The Morgan fingerprint density at radius 2 is 2.00 bits per heavy atom. The van der Waals surface area contributed by atoms with Gasteiger partial charge in [0.2, 0.25) is 7.65 Å². The van der Waals surface area contributed by atoms with Crippen LogP contribution in [0, 0.1) is 0 Å². The Balaban J connectivity index is 3.58. The molecular formula is C5H13ClNOP. The summed E-state index contributed by atoms with van der Waals surface area (Å²) in [4.78, 5) is 0. The van der Waals surface area contributed by atoms with E-state index in [1.54, 1.807) is 7.11 Å². The highest BCUT2D eigenvalue weighted by molar-refractivity contribution is 7.78. The molecule has 56 valence electrons. The summed E-state index contributed by atoms with van der Waals surface area (Å²) in [5, 5.41) is 0. The summed E-state index contributed by atoms with van der Waals surface area (Å²) in [7, 11) is 2.70. The van der Waals surface area contributed by atoms with Gasteiger partial charge in [-0.1, -0.05) is 0 Å². The van der Waals surface area contributed by atoms with E-state index < -0.39 is 7.65 Å². The Morgan fingerprint density at radius 1 is 1.56 bits per heavy atom. The summed E-state index contributed by atoms with van der Waals surface area (Å²) in [5.74, 6) is 0. The largest absolute Gasteiger partial charge is 0.335 e. The molecule has 0 aromatic carbocycles. The van der Waals surface area contributed by atoms with Crippen LogP contribution in [0.1, 0.15) is 13.8 Å². The monoisotopic (exact) mass is 169 g/mol. The average Bonchev–Trinajstić information content (AvgIpc) is 1.84. The zero-order valence-corrected chi connectivity index (χ0v) is 7.91. The third-order valence-electron chi connectivity index (χ3n) is 1.15. The van der Waals surface area contributed by atoms with Crippen molar-refractivity contribution >= 4 is 18.9 Å². The van der Waals surface area contributed by atoms with E-state index in [4.69, 9.17) is 15.8 Å². The minimum absolute atomic E-state index is 0.452. The van der Waals surface area contributed by atoms with Gasteiger partial charge in [-0.3, -0.25) is 0 Å². The summed E-state index contributed by atoms with van der Waals surface area (Å²) in [6.45, 7) is 4.16. The first kappa shape index (κ1) is 9.64. The van der Waals surface area contributed by atoms with Crippen molar-refractivity contribution in [2.45, 2.75) is 19.9 Å². The van der Waals surface area contributed by atoms with Crippen molar-refractivity contribution in [1.29, 1.82) is 0 Å². The van der Waals surface area contributed by atoms with Crippen molar-refractivity contribution in [2.75, 3.05) is 14.2 Å². The molecule has 0 bridgehead atoms. The Morgan fingerprint density at radius 3 is 2.11 bits per heavy atom. The topological polar surface area (TPSA) is 12.5 Å². The highest BCUT2D eigenvalue weighted by atomic mass is 35.7. The number of hydrogen-bond donors (Lipinski definition) is 0. The molecule has 1 unspecified atom stereocenters. The molecule has 0 aliphatic rings. The van der Waals surface area contributed by atoms with Gasteiger partial charge in [-0.05, 0) is 32.1 Å². The fraction of sp³-hybridized carbons (Fsp3) is 1.00. The molecule has 0 fully saturated rings. The van der Waals surface area contributed by atoms with Crippen LogP contribution >= 0.6 is 18.9 Å². The SMILES string of the molecule is COP(Cl)N(C)C(C)C. The van der Waals surface area contributed by atoms with Gasteiger partial charge in [0, 0.05) is 13.2 Å². The fourth-order valence-corrected chi connectivity index (χ4v) is 1.45. The first-order chi connectivity index (χ1) is 4.09. The third-order valence-corrected chi connectivity index (χ3v) is 3.53. The van der Waals surface area contributed by atoms with E-state index in [2.05, 4.69) is 13.8 Å². The second-order valence-corrected chi connectivity index (χ2v) is 4.39. The third kappa shape index (κ3) is 3.36. The molecule has 1 atom stereocenters. The highest BCUT2D eigenvalue weighted by Crippen LogP contribution is 2.45. The van der Waals surface area contributed by atoms with Crippen LogP contribution in [0.25, 0.3) is 0 Å². The summed E-state index contributed by atoms with van der Waals surface area (Å²) in [6.07, 6.45) is 0. The van der Waals surface area contributed by atoms with Gasteiger partial charge in [-0.2, -0.15) is 0 Å². The first-order valence-corrected chi connectivity index (χ1v) is 4.94. The van der Waals surface area contributed by atoms with Gasteiger partial charge in [0.25, 0.3) is 0 Å². The molecule has 0 aliphatic heterocycles. The standard InChI is InChI=1S/C5H13ClNOP/c1-5(2)7(3)9(6)8-4/h5H,1-4H3. The molecule has 0 aromatic heterocycles. The smallest absolute Gasteiger partial charge is 0.206 e. The zero-order valence-electron chi connectivity index (χ0n) is 6.26. The van der Waals surface area contributed by atoms with Crippen LogP contribution < -0.4 is 0 Å². The summed E-state index contributed by atoms with van der Waals surface area (Å²) in [6, 6.07) is 0.452. The molecule has 0 saturated carbocycles. The van der Waals surface area contributed by atoms with Crippen molar-refractivity contribution in [3.05, 3.63) is 0 Å². The molecule has 0 spiro atoms. The second kappa shape index (κ2) is 4.45. The van der Waals surface area contributed by atoms with E-state index in [-0.39, 0.29) is 0 Å². The zero-order chi connectivity index (χ0) is 7.44. The van der Waals surface area contributed by atoms with Crippen LogP contribution in [0.3, 0.4) is 0 Å². The van der Waals surface area contributed by atoms with Crippen LogP contribution in [-0.4, -0.2) is 24.9 Å². The number of hydrogen-bond acceptors (Lipinski definition) is 2. The van der Waals surface area contributed by atoms with E-state index >= 15 is 0 Å². The first-order valence-electron chi connectivity index (χ1n) is 2.82. The lowest BCUT2D eigenvalue weighted by atomic mass is 10.4. The summed E-state index contributed by atoms with van der Waals surface area (Å²) in [5.41, 5.74) is 0. The van der Waals surface area contributed by atoms with Crippen molar-refractivity contribution in [3.8, 4) is 0 Å². The van der Waals surface area contributed by atoms with E-state index in [9.17, 15) is 0 Å². The second-order valence-electron chi connectivity index (χ2n) is 2.08. The highest BCUT2D eigenvalue weighted by Gasteiger charge is 2.12. The van der Waals surface area contributed by atoms with Gasteiger partial charge in [-0.25, -0.2) is 4.67 Å². The normalized spacial score (nSPS) is 15.0. The predicted octanol–water partition coefficient (Wildman–Crippen LogP) is 2.44. The van der Waals surface area contributed by atoms with E-state index in [0.717, 1.165) is 0 Å². The van der Waals surface area contributed by atoms with Gasteiger partial charge >= 0.3 is 0 Å². The lowest BCUT2D eigenvalue weighted by Crippen LogP contribution is -2.19. The van der Waals surface area contributed by atoms with Crippen LogP contribution in [-0.2, 0) is 4.52 Å². The quantitative estimate of drug-likeness (QED) is 0.602. The van der Waals surface area contributed by atoms with E-state index in [1.807, 2.05) is 11.7 Å².